The molecular formula is C18H22N2O3. The number of morpholine rings is 1. The van der Waals surface area contributed by atoms with Crippen molar-refractivity contribution in [2.24, 2.45) is 0 Å². The van der Waals surface area contributed by atoms with E-state index in [0.29, 0.717) is 24.7 Å². The molecule has 5 heteroatoms. The molecule has 0 aliphatic carbocycles. The van der Waals surface area contributed by atoms with Gasteiger partial charge in [0.15, 0.2) is 11.5 Å². The molecule has 3 rings (SSSR count). The van der Waals surface area contributed by atoms with Crippen LogP contribution in [0.1, 0.15) is 17.3 Å². The van der Waals surface area contributed by atoms with Crippen LogP contribution in [0.5, 0.6) is 11.5 Å². The third-order valence-electron chi connectivity index (χ3n) is 4.14. The topological polar surface area (TPSA) is 43.8 Å². The van der Waals surface area contributed by atoms with E-state index < -0.39 is 0 Å². The average Bonchev–Trinajstić information content (AvgIpc) is 2.62. The molecule has 122 valence electrons. The second-order valence-electron chi connectivity index (χ2n) is 5.47. The molecule has 1 atom stereocenters. The van der Waals surface area contributed by atoms with Gasteiger partial charge in [0.1, 0.15) is 5.69 Å². The fourth-order valence-electron chi connectivity index (χ4n) is 2.97. The van der Waals surface area contributed by atoms with Gasteiger partial charge in [0, 0.05) is 25.4 Å². The van der Waals surface area contributed by atoms with E-state index >= 15 is 0 Å². The number of pyridine rings is 1. The Balaban J connectivity index is 1.85. The van der Waals surface area contributed by atoms with E-state index in [2.05, 4.69) is 34.1 Å². The fraction of sp³-hybridized carbons (Fsp3) is 0.389. The molecule has 0 unspecified atom stereocenters. The summed E-state index contributed by atoms with van der Waals surface area (Å²) in [5.41, 5.74) is 2.14. The van der Waals surface area contributed by atoms with Crippen LogP contribution >= 0.6 is 0 Å². The molecule has 2 heterocycles. The zero-order valence-electron chi connectivity index (χ0n) is 13.6. The first-order valence-electron chi connectivity index (χ1n) is 7.76. The van der Waals surface area contributed by atoms with Gasteiger partial charge in [-0.3, -0.25) is 9.88 Å². The van der Waals surface area contributed by atoms with Crippen LogP contribution < -0.4 is 9.47 Å². The van der Waals surface area contributed by atoms with Gasteiger partial charge in [-0.25, -0.2) is 0 Å². The third-order valence-corrected chi connectivity index (χ3v) is 4.14. The van der Waals surface area contributed by atoms with Gasteiger partial charge in [0.2, 0.25) is 0 Å². The number of methoxy groups -OCH3 is 2. The Labute approximate surface area is 136 Å². The maximum Gasteiger partial charge on any atom is 0.183 e. The van der Waals surface area contributed by atoms with Crippen LogP contribution in [0.25, 0.3) is 0 Å². The fourth-order valence-corrected chi connectivity index (χ4v) is 2.97. The zero-order valence-corrected chi connectivity index (χ0v) is 13.6. The number of rotatable bonds is 5. The number of nitrogens with zero attached hydrogens (tertiary/aromatic N) is 2. The lowest BCUT2D eigenvalue weighted by Crippen LogP contribution is -2.39. The summed E-state index contributed by atoms with van der Waals surface area (Å²) >= 11 is 0. The highest BCUT2D eigenvalue weighted by atomic mass is 16.5. The van der Waals surface area contributed by atoms with E-state index in [0.717, 1.165) is 18.8 Å². The van der Waals surface area contributed by atoms with Gasteiger partial charge in [-0.2, -0.15) is 0 Å². The molecule has 0 bridgehead atoms. The minimum atomic E-state index is 0.225. The highest BCUT2D eigenvalue weighted by molar-refractivity contribution is 5.42. The molecule has 0 radical (unpaired) electrons. The van der Waals surface area contributed by atoms with Gasteiger partial charge in [-0.05, 0) is 5.56 Å². The minimum Gasteiger partial charge on any atom is -0.493 e. The van der Waals surface area contributed by atoms with E-state index in [4.69, 9.17) is 14.2 Å². The van der Waals surface area contributed by atoms with Crippen LogP contribution in [-0.4, -0.2) is 43.9 Å². The quantitative estimate of drug-likeness (QED) is 0.849. The molecule has 1 aromatic heterocycles. The van der Waals surface area contributed by atoms with Gasteiger partial charge in [0.25, 0.3) is 0 Å². The molecule has 1 aromatic carbocycles. The third kappa shape index (κ3) is 3.46. The Hall–Kier alpha value is -2.11. The molecule has 0 spiro atoms. The molecule has 0 amide bonds. The van der Waals surface area contributed by atoms with Crippen molar-refractivity contribution in [1.29, 1.82) is 0 Å². The Kier molecular flexibility index (Phi) is 5.10. The van der Waals surface area contributed by atoms with Crippen LogP contribution in [0.2, 0.25) is 0 Å². The van der Waals surface area contributed by atoms with Crippen LogP contribution in [0.4, 0.5) is 0 Å². The van der Waals surface area contributed by atoms with E-state index in [9.17, 15) is 0 Å². The lowest BCUT2D eigenvalue weighted by molar-refractivity contribution is -0.0135. The first kappa shape index (κ1) is 15.8. The number of benzene rings is 1. The van der Waals surface area contributed by atoms with Crippen molar-refractivity contribution in [2.75, 3.05) is 34.0 Å². The summed E-state index contributed by atoms with van der Waals surface area (Å²) < 4.78 is 16.6. The summed E-state index contributed by atoms with van der Waals surface area (Å²) in [7, 11) is 3.29. The summed E-state index contributed by atoms with van der Waals surface area (Å²) in [5, 5.41) is 0. The first-order valence-corrected chi connectivity index (χ1v) is 7.76. The van der Waals surface area contributed by atoms with Crippen molar-refractivity contribution in [3.8, 4) is 11.5 Å². The van der Waals surface area contributed by atoms with Crippen molar-refractivity contribution in [2.45, 2.75) is 12.6 Å². The second kappa shape index (κ2) is 7.44. The van der Waals surface area contributed by atoms with E-state index in [1.165, 1.54) is 5.56 Å². The van der Waals surface area contributed by atoms with Crippen LogP contribution in [0.3, 0.4) is 0 Å². The molecule has 2 aromatic rings. The Morgan fingerprint density at radius 2 is 2.00 bits per heavy atom. The normalized spacial score (nSPS) is 18.6. The highest BCUT2D eigenvalue weighted by Crippen LogP contribution is 2.32. The summed E-state index contributed by atoms with van der Waals surface area (Å²) in [6.07, 6.45) is 1.76. The van der Waals surface area contributed by atoms with Crippen molar-refractivity contribution in [1.82, 2.24) is 9.88 Å². The molecule has 1 aliphatic rings. The summed E-state index contributed by atoms with van der Waals surface area (Å²) in [6.45, 7) is 2.98. The molecule has 1 aliphatic heterocycles. The van der Waals surface area contributed by atoms with Gasteiger partial charge >= 0.3 is 0 Å². The Morgan fingerprint density at radius 1 is 1.17 bits per heavy atom. The maximum absolute atomic E-state index is 5.69. The lowest BCUT2D eigenvalue weighted by atomic mass is 10.0. The van der Waals surface area contributed by atoms with Gasteiger partial charge in [0.05, 0.1) is 33.5 Å². The summed E-state index contributed by atoms with van der Waals surface area (Å²) in [6, 6.07) is 12.5. The molecule has 5 nitrogen and oxygen atoms in total. The molecule has 1 fully saturated rings. The van der Waals surface area contributed by atoms with E-state index in [-0.39, 0.29) is 6.04 Å². The van der Waals surface area contributed by atoms with Gasteiger partial charge in [-0.1, -0.05) is 30.3 Å². The maximum atomic E-state index is 5.69. The Bertz CT molecular complexity index is 633. The minimum absolute atomic E-state index is 0.225. The number of ether oxygens (including phenoxy) is 3. The summed E-state index contributed by atoms with van der Waals surface area (Å²) in [5.74, 6) is 1.41. The predicted molar refractivity (Wildman–Crippen MR) is 87.8 cm³/mol. The molecule has 23 heavy (non-hydrogen) atoms. The number of hydrogen-bond donors (Lipinski definition) is 0. The average molecular weight is 314 g/mol. The zero-order chi connectivity index (χ0) is 16.1. The SMILES string of the molecule is COc1ccnc(CN2CCOC[C@@H]2c2ccccc2)c1OC. The van der Waals surface area contributed by atoms with Crippen molar-refractivity contribution >= 4 is 0 Å². The van der Waals surface area contributed by atoms with Gasteiger partial charge in [-0.15, -0.1) is 0 Å². The van der Waals surface area contributed by atoms with E-state index in [1.54, 1.807) is 20.4 Å². The number of aromatic nitrogens is 1. The standard InChI is InChI=1S/C18H22N2O3/c1-21-17-8-9-19-15(18(17)22-2)12-20-10-11-23-13-16(20)14-6-4-3-5-7-14/h3-9,16H,10-13H2,1-2H3/t16-/m1/s1. The van der Waals surface area contributed by atoms with Crippen molar-refractivity contribution < 1.29 is 14.2 Å². The molecule has 0 N–H and O–H groups in total. The van der Waals surface area contributed by atoms with Crippen LogP contribution in [-0.2, 0) is 11.3 Å². The second-order valence-corrected chi connectivity index (χ2v) is 5.47. The monoisotopic (exact) mass is 314 g/mol. The lowest BCUT2D eigenvalue weighted by Gasteiger charge is -2.35. The van der Waals surface area contributed by atoms with Crippen LogP contribution in [0, 0.1) is 0 Å². The van der Waals surface area contributed by atoms with Crippen molar-refractivity contribution in [3.05, 3.63) is 53.9 Å². The summed E-state index contributed by atoms with van der Waals surface area (Å²) in [4.78, 5) is 6.87. The smallest absolute Gasteiger partial charge is 0.183 e. The molecular weight excluding hydrogens is 292 g/mol. The Morgan fingerprint density at radius 3 is 2.74 bits per heavy atom. The van der Waals surface area contributed by atoms with Gasteiger partial charge < -0.3 is 14.2 Å². The molecule has 0 saturated carbocycles. The van der Waals surface area contributed by atoms with E-state index in [1.807, 2.05) is 12.1 Å². The predicted octanol–water partition coefficient (Wildman–Crippen LogP) is 2.67. The van der Waals surface area contributed by atoms with Crippen LogP contribution in [0.15, 0.2) is 42.6 Å². The first-order chi connectivity index (χ1) is 11.3. The van der Waals surface area contributed by atoms with Crippen molar-refractivity contribution in [3.63, 3.8) is 0 Å². The largest absolute Gasteiger partial charge is 0.493 e. The highest BCUT2D eigenvalue weighted by Gasteiger charge is 2.26. The number of hydrogen-bond acceptors (Lipinski definition) is 5. The molecule has 1 saturated heterocycles.